The fourth-order valence-electron chi connectivity index (χ4n) is 4.08. The number of unbranched alkanes of at least 4 members (excludes halogenated alkanes) is 4. The third-order valence-electron chi connectivity index (χ3n) is 6.31. The molecule has 0 aliphatic carbocycles. The molecule has 0 aromatic carbocycles. The monoisotopic (exact) mass is 636 g/mol. The Balaban J connectivity index is 0.000000282. The maximum atomic E-state index is 9.98. The molecule has 0 saturated heterocycles. The maximum Gasteiger partial charge on any atom is 0.303 e. The summed E-state index contributed by atoms with van der Waals surface area (Å²) in [6.07, 6.45) is 15.3. The number of carboxylic acids is 4. The smallest absolute Gasteiger partial charge is 0.303 e. The van der Waals surface area contributed by atoms with E-state index in [4.69, 9.17) is 20.4 Å². The SMILES string of the molecule is O=C(O)CCCCCC(=O)O.O=C(O)CCCCCC(=O)O.c1ccc(Cn2ccnc2-c2nccn2Cc2ccccn2)nc1. The Kier molecular flexibility index (Phi) is 17.1. The minimum Gasteiger partial charge on any atom is -0.481 e. The Labute approximate surface area is 266 Å². The van der Waals surface area contributed by atoms with E-state index in [1.807, 2.05) is 48.8 Å². The minimum atomic E-state index is -0.819. The van der Waals surface area contributed by atoms with Crippen LogP contribution in [0.1, 0.15) is 75.6 Å². The number of hydrogen-bond acceptors (Lipinski definition) is 8. The van der Waals surface area contributed by atoms with Crippen LogP contribution in [0.25, 0.3) is 11.6 Å². The van der Waals surface area contributed by atoms with Gasteiger partial charge in [0.25, 0.3) is 0 Å². The van der Waals surface area contributed by atoms with Crippen LogP contribution < -0.4 is 0 Å². The molecule has 0 unspecified atom stereocenters. The van der Waals surface area contributed by atoms with E-state index in [0.717, 1.165) is 23.0 Å². The number of aromatic nitrogens is 6. The van der Waals surface area contributed by atoms with Crippen LogP contribution in [-0.2, 0) is 32.3 Å². The van der Waals surface area contributed by atoms with Crippen molar-refractivity contribution in [1.82, 2.24) is 29.1 Å². The molecule has 14 nitrogen and oxygen atoms in total. The fourth-order valence-corrected chi connectivity index (χ4v) is 4.08. The van der Waals surface area contributed by atoms with Crippen molar-refractivity contribution in [3.8, 4) is 11.6 Å². The van der Waals surface area contributed by atoms with Crippen LogP contribution in [0.4, 0.5) is 0 Å². The number of pyridine rings is 2. The molecule has 0 aliphatic heterocycles. The molecule has 0 saturated carbocycles. The van der Waals surface area contributed by atoms with Crippen molar-refractivity contribution in [2.75, 3.05) is 0 Å². The maximum absolute atomic E-state index is 9.98. The normalized spacial score (nSPS) is 10.2. The lowest BCUT2D eigenvalue weighted by Gasteiger charge is -2.10. The Morgan fingerprint density at radius 1 is 0.478 bits per heavy atom. The van der Waals surface area contributed by atoms with Gasteiger partial charge in [-0.3, -0.25) is 29.1 Å². The molecule has 0 radical (unpaired) electrons. The zero-order valence-corrected chi connectivity index (χ0v) is 25.5. The van der Waals surface area contributed by atoms with Crippen LogP contribution in [-0.4, -0.2) is 73.4 Å². The van der Waals surface area contributed by atoms with E-state index in [1.54, 1.807) is 24.8 Å². The second kappa shape index (κ2) is 21.3. The third-order valence-corrected chi connectivity index (χ3v) is 6.31. The molecule has 4 rings (SSSR count). The molecule has 14 heteroatoms. The van der Waals surface area contributed by atoms with Gasteiger partial charge in [-0.25, -0.2) is 9.97 Å². The number of nitrogens with zero attached hydrogens (tertiary/aromatic N) is 6. The molecule has 4 aromatic heterocycles. The summed E-state index contributed by atoms with van der Waals surface area (Å²) in [6.45, 7) is 1.32. The van der Waals surface area contributed by atoms with Crippen molar-refractivity contribution in [1.29, 1.82) is 0 Å². The molecular weight excluding hydrogens is 596 g/mol. The van der Waals surface area contributed by atoms with Gasteiger partial charge in [-0.2, -0.15) is 0 Å². The summed E-state index contributed by atoms with van der Waals surface area (Å²) in [6, 6.07) is 11.8. The van der Waals surface area contributed by atoms with Crippen molar-refractivity contribution in [3.05, 3.63) is 85.0 Å². The van der Waals surface area contributed by atoms with E-state index >= 15 is 0 Å². The summed E-state index contributed by atoms with van der Waals surface area (Å²) < 4.78 is 4.11. The Morgan fingerprint density at radius 2 is 0.826 bits per heavy atom. The van der Waals surface area contributed by atoms with Crippen molar-refractivity contribution in [2.45, 2.75) is 77.3 Å². The minimum absolute atomic E-state index is 0.139. The molecule has 46 heavy (non-hydrogen) atoms. The first kappa shape index (κ1) is 36.8. The fraction of sp³-hybridized carbons (Fsp3) is 0.375. The average Bonchev–Trinajstić information content (AvgIpc) is 3.67. The Bertz CT molecular complexity index is 1330. The van der Waals surface area contributed by atoms with Crippen LogP contribution in [0.5, 0.6) is 0 Å². The Morgan fingerprint density at radius 3 is 1.11 bits per heavy atom. The topological polar surface area (TPSA) is 211 Å². The quantitative estimate of drug-likeness (QED) is 0.115. The van der Waals surface area contributed by atoms with Crippen LogP contribution >= 0.6 is 0 Å². The summed E-state index contributed by atoms with van der Waals surface area (Å²) in [7, 11) is 0. The molecule has 0 aliphatic rings. The number of carboxylic acid groups (broad SMARTS) is 4. The van der Waals surface area contributed by atoms with E-state index < -0.39 is 23.9 Å². The summed E-state index contributed by atoms with van der Waals surface area (Å²) in [4.78, 5) is 57.7. The highest BCUT2D eigenvalue weighted by Crippen LogP contribution is 2.17. The number of carbonyl (C=O) groups is 4. The van der Waals surface area contributed by atoms with Crippen LogP contribution in [0.15, 0.2) is 73.6 Å². The summed E-state index contributed by atoms with van der Waals surface area (Å²) in [5.74, 6) is -1.63. The van der Waals surface area contributed by atoms with Crippen molar-refractivity contribution < 1.29 is 39.6 Å². The molecule has 0 atom stereocenters. The highest BCUT2D eigenvalue weighted by atomic mass is 16.4. The molecular formula is C32H40N6O8. The zero-order chi connectivity index (χ0) is 33.6. The van der Waals surface area contributed by atoms with Crippen molar-refractivity contribution in [3.63, 3.8) is 0 Å². The molecule has 0 amide bonds. The van der Waals surface area contributed by atoms with Gasteiger partial charge in [-0.05, 0) is 49.9 Å². The van der Waals surface area contributed by atoms with Crippen molar-refractivity contribution in [2.24, 2.45) is 0 Å². The van der Waals surface area contributed by atoms with Gasteiger partial charge in [0, 0.05) is 62.9 Å². The van der Waals surface area contributed by atoms with Crippen molar-refractivity contribution >= 4 is 23.9 Å². The van der Waals surface area contributed by atoms with Gasteiger partial charge in [-0.15, -0.1) is 0 Å². The zero-order valence-electron chi connectivity index (χ0n) is 25.5. The van der Waals surface area contributed by atoms with Gasteiger partial charge in [0.05, 0.1) is 24.5 Å². The van der Waals surface area contributed by atoms with E-state index in [-0.39, 0.29) is 25.7 Å². The molecule has 246 valence electrons. The second-order valence-corrected chi connectivity index (χ2v) is 10.1. The van der Waals surface area contributed by atoms with E-state index in [2.05, 4.69) is 29.1 Å². The van der Waals surface area contributed by atoms with E-state index in [0.29, 0.717) is 51.6 Å². The molecule has 4 N–H and O–H groups in total. The summed E-state index contributed by atoms with van der Waals surface area (Å²) in [5.41, 5.74) is 1.97. The van der Waals surface area contributed by atoms with E-state index in [1.165, 1.54) is 0 Å². The third kappa shape index (κ3) is 15.9. The predicted molar refractivity (Wildman–Crippen MR) is 167 cm³/mol. The second-order valence-electron chi connectivity index (χ2n) is 10.1. The summed E-state index contributed by atoms with van der Waals surface area (Å²) in [5, 5.41) is 32.8. The Hall–Kier alpha value is -5.40. The lowest BCUT2D eigenvalue weighted by Crippen LogP contribution is -2.08. The number of imidazole rings is 2. The van der Waals surface area contributed by atoms with Gasteiger partial charge in [0.15, 0.2) is 11.6 Å². The first-order valence-corrected chi connectivity index (χ1v) is 14.8. The summed E-state index contributed by atoms with van der Waals surface area (Å²) >= 11 is 0. The van der Waals surface area contributed by atoms with Gasteiger partial charge in [0.1, 0.15) is 0 Å². The number of hydrogen-bond donors (Lipinski definition) is 4. The van der Waals surface area contributed by atoms with Gasteiger partial charge in [0.2, 0.25) is 0 Å². The number of rotatable bonds is 17. The van der Waals surface area contributed by atoms with Gasteiger partial charge >= 0.3 is 23.9 Å². The standard InChI is InChI=1S/C18H16N6.2C7H12O4/c1-3-7-19-15(5-1)13-23-11-9-21-17(23)18-22-10-12-24(18)14-16-6-2-4-8-20-16;2*8-6(9)4-2-1-3-5-7(10)11/h1-12H,13-14H2;2*1-5H2,(H,8,9)(H,10,11). The van der Waals surface area contributed by atoms with Gasteiger partial charge < -0.3 is 29.6 Å². The largest absolute Gasteiger partial charge is 0.481 e. The first-order chi connectivity index (χ1) is 22.2. The molecule has 4 heterocycles. The number of aliphatic carboxylic acids is 4. The van der Waals surface area contributed by atoms with Crippen LogP contribution in [0, 0.1) is 0 Å². The lowest BCUT2D eigenvalue weighted by molar-refractivity contribution is -0.138. The predicted octanol–water partition coefficient (Wildman–Crippen LogP) is 4.85. The highest BCUT2D eigenvalue weighted by Gasteiger charge is 2.13. The lowest BCUT2D eigenvalue weighted by atomic mass is 10.1. The van der Waals surface area contributed by atoms with E-state index in [9.17, 15) is 19.2 Å². The molecule has 0 bridgehead atoms. The van der Waals surface area contributed by atoms with Crippen LogP contribution in [0.2, 0.25) is 0 Å². The highest BCUT2D eigenvalue weighted by molar-refractivity contribution is 5.67. The first-order valence-electron chi connectivity index (χ1n) is 14.8. The molecule has 0 spiro atoms. The van der Waals surface area contributed by atoms with Gasteiger partial charge in [-0.1, -0.05) is 25.0 Å². The molecule has 0 fully saturated rings. The molecule has 4 aromatic rings. The average molecular weight is 637 g/mol. The van der Waals surface area contributed by atoms with Crippen LogP contribution in [0.3, 0.4) is 0 Å².